The number of aromatic nitrogens is 1. The molecule has 2 saturated heterocycles. The molecule has 1 amide bonds. The molecule has 0 aliphatic carbocycles. The van der Waals surface area contributed by atoms with Gasteiger partial charge in [-0.15, -0.1) is 0 Å². The molecule has 0 bridgehead atoms. The van der Waals surface area contributed by atoms with Crippen LogP contribution in [0.15, 0.2) is 42.5 Å². The van der Waals surface area contributed by atoms with Crippen molar-refractivity contribution in [2.24, 2.45) is 5.92 Å². The standard InChI is InChI=1S/C27H37N5O3/c1-4-30(27(35)22(19-33)14-21-8-10-25(34)11-9-21)16-23-6-5-7-26(28-23)31-17-24(18-31)32-13-12-29(3)15-20(32)2/h5-11,19-20,22,24,34H,4,12-18H2,1-3H3/t20-,22?/m0/s1. The second kappa shape index (κ2) is 11.2. The highest BCUT2D eigenvalue weighted by Crippen LogP contribution is 2.25. The number of likely N-dealkylation sites (N-methyl/N-ethyl adjacent to an activating group) is 1. The molecule has 188 valence electrons. The number of nitrogens with zero attached hydrogens (tertiary/aromatic N) is 5. The number of carbonyl (C=O) groups is 2. The number of phenolic OH excluding ortho intramolecular Hbond substituents is 1. The Kier molecular flexibility index (Phi) is 8.03. The molecule has 1 N–H and O–H groups in total. The van der Waals surface area contributed by atoms with Crippen LogP contribution in [-0.4, -0.2) is 95.4 Å². The Hall–Kier alpha value is -2.97. The maximum Gasteiger partial charge on any atom is 0.233 e. The van der Waals surface area contributed by atoms with Crippen molar-refractivity contribution < 1.29 is 14.7 Å². The van der Waals surface area contributed by atoms with Crippen molar-refractivity contribution in [1.29, 1.82) is 0 Å². The molecule has 2 aromatic rings. The molecule has 2 aliphatic rings. The van der Waals surface area contributed by atoms with Crippen molar-refractivity contribution in [2.45, 2.75) is 38.9 Å². The quantitative estimate of drug-likeness (QED) is 0.435. The summed E-state index contributed by atoms with van der Waals surface area (Å²) >= 11 is 0. The number of pyridine rings is 1. The molecule has 2 fully saturated rings. The lowest BCUT2D eigenvalue weighted by atomic mass is 9.99. The lowest BCUT2D eigenvalue weighted by Gasteiger charge is -2.51. The molecule has 1 aromatic heterocycles. The molecule has 3 heterocycles. The van der Waals surface area contributed by atoms with E-state index in [0.29, 0.717) is 31.6 Å². The van der Waals surface area contributed by atoms with Crippen molar-refractivity contribution in [3.63, 3.8) is 0 Å². The lowest BCUT2D eigenvalue weighted by Crippen LogP contribution is -2.65. The van der Waals surface area contributed by atoms with Crippen molar-refractivity contribution in [2.75, 3.05) is 51.2 Å². The Morgan fingerprint density at radius 2 is 1.91 bits per heavy atom. The van der Waals surface area contributed by atoms with Crippen LogP contribution < -0.4 is 4.90 Å². The Bertz CT molecular complexity index is 1010. The summed E-state index contributed by atoms with van der Waals surface area (Å²) in [5.41, 5.74) is 1.66. The first-order valence-electron chi connectivity index (χ1n) is 12.5. The van der Waals surface area contributed by atoms with Gasteiger partial charge in [-0.3, -0.25) is 9.69 Å². The first kappa shape index (κ1) is 25.1. The van der Waals surface area contributed by atoms with Crippen molar-refractivity contribution >= 4 is 18.0 Å². The number of amides is 1. The first-order chi connectivity index (χ1) is 16.9. The van der Waals surface area contributed by atoms with Gasteiger partial charge in [0.25, 0.3) is 0 Å². The summed E-state index contributed by atoms with van der Waals surface area (Å²) in [4.78, 5) is 38.7. The Balaban J connectivity index is 1.35. The minimum Gasteiger partial charge on any atom is -0.508 e. The van der Waals surface area contributed by atoms with Gasteiger partial charge in [0.15, 0.2) is 0 Å². The van der Waals surface area contributed by atoms with Gasteiger partial charge in [0.2, 0.25) is 5.91 Å². The Morgan fingerprint density at radius 3 is 2.57 bits per heavy atom. The van der Waals surface area contributed by atoms with Crippen LogP contribution in [0.25, 0.3) is 0 Å². The van der Waals surface area contributed by atoms with Crippen molar-refractivity contribution in [1.82, 2.24) is 19.7 Å². The fourth-order valence-corrected chi connectivity index (χ4v) is 5.13. The van der Waals surface area contributed by atoms with E-state index in [1.807, 2.05) is 25.1 Å². The maximum atomic E-state index is 13.1. The number of aldehydes is 1. The molecular weight excluding hydrogens is 442 g/mol. The summed E-state index contributed by atoms with van der Waals surface area (Å²) in [6.07, 6.45) is 1.04. The summed E-state index contributed by atoms with van der Waals surface area (Å²) in [6, 6.07) is 13.7. The maximum absolute atomic E-state index is 13.1. The molecule has 0 saturated carbocycles. The lowest BCUT2D eigenvalue weighted by molar-refractivity contribution is -0.138. The summed E-state index contributed by atoms with van der Waals surface area (Å²) < 4.78 is 0. The summed E-state index contributed by atoms with van der Waals surface area (Å²) in [6.45, 7) is 10.4. The van der Waals surface area contributed by atoms with Crippen LogP contribution in [0.5, 0.6) is 5.75 Å². The molecule has 0 radical (unpaired) electrons. The van der Waals surface area contributed by atoms with Gasteiger partial charge in [-0.05, 0) is 57.1 Å². The SMILES string of the molecule is CCN(Cc1cccc(N2CC(N3CCN(C)C[C@@H]3C)C2)n1)C(=O)C(C=O)Cc1ccc(O)cc1. The third kappa shape index (κ3) is 6.00. The smallest absolute Gasteiger partial charge is 0.233 e. The number of hydrogen-bond acceptors (Lipinski definition) is 7. The van der Waals surface area contributed by atoms with E-state index in [0.717, 1.165) is 56.1 Å². The number of carbonyl (C=O) groups excluding carboxylic acids is 2. The molecule has 4 rings (SSSR count). The van der Waals surface area contributed by atoms with Gasteiger partial charge in [-0.1, -0.05) is 18.2 Å². The molecule has 2 atom stereocenters. The molecule has 1 unspecified atom stereocenters. The monoisotopic (exact) mass is 479 g/mol. The third-order valence-corrected chi connectivity index (χ3v) is 7.25. The second-order valence-electron chi connectivity index (χ2n) is 9.86. The van der Waals surface area contributed by atoms with Gasteiger partial charge in [-0.2, -0.15) is 0 Å². The van der Waals surface area contributed by atoms with E-state index in [9.17, 15) is 14.7 Å². The number of aromatic hydroxyl groups is 1. The van der Waals surface area contributed by atoms with Crippen LogP contribution in [0.3, 0.4) is 0 Å². The number of anilines is 1. The van der Waals surface area contributed by atoms with Crippen LogP contribution in [0.4, 0.5) is 5.82 Å². The van der Waals surface area contributed by atoms with E-state index in [2.05, 4.69) is 28.7 Å². The fourth-order valence-electron chi connectivity index (χ4n) is 5.13. The fraction of sp³-hybridized carbons (Fsp3) is 0.519. The van der Waals surface area contributed by atoms with E-state index in [1.165, 1.54) is 0 Å². The van der Waals surface area contributed by atoms with Gasteiger partial charge in [0.1, 0.15) is 17.9 Å². The van der Waals surface area contributed by atoms with Crippen LogP contribution in [0.1, 0.15) is 25.1 Å². The van der Waals surface area contributed by atoms with Gasteiger partial charge >= 0.3 is 0 Å². The summed E-state index contributed by atoms with van der Waals surface area (Å²) in [5.74, 6) is 0.149. The normalized spacial score (nSPS) is 20.3. The largest absolute Gasteiger partial charge is 0.508 e. The minimum absolute atomic E-state index is 0.162. The second-order valence-corrected chi connectivity index (χ2v) is 9.86. The zero-order chi connectivity index (χ0) is 24.9. The van der Waals surface area contributed by atoms with Gasteiger partial charge in [0, 0.05) is 51.4 Å². The topological polar surface area (TPSA) is 80.2 Å². The summed E-state index contributed by atoms with van der Waals surface area (Å²) in [7, 11) is 2.19. The highest BCUT2D eigenvalue weighted by Gasteiger charge is 2.36. The zero-order valence-electron chi connectivity index (χ0n) is 21.0. The molecule has 1 aromatic carbocycles. The minimum atomic E-state index is -0.760. The van der Waals surface area contributed by atoms with Gasteiger partial charge in [-0.25, -0.2) is 4.98 Å². The highest BCUT2D eigenvalue weighted by atomic mass is 16.3. The molecule has 8 heteroatoms. The van der Waals surface area contributed by atoms with Crippen LogP contribution in [0, 0.1) is 5.92 Å². The zero-order valence-corrected chi connectivity index (χ0v) is 21.0. The van der Waals surface area contributed by atoms with Crippen LogP contribution in [0.2, 0.25) is 0 Å². The van der Waals surface area contributed by atoms with Crippen LogP contribution >= 0.6 is 0 Å². The van der Waals surface area contributed by atoms with E-state index < -0.39 is 5.92 Å². The number of piperazine rings is 1. The predicted molar refractivity (Wildman–Crippen MR) is 136 cm³/mol. The Labute approximate surface area is 208 Å². The average molecular weight is 480 g/mol. The number of hydrogen-bond donors (Lipinski definition) is 1. The number of rotatable bonds is 9. The Morgan fingerprint density at radius 1 is 1.17 bits per heavy atom. The molecule has 8 nitrogen and oxygen atoms in total. The molecule has 2 aliphatic heterocycles. The van der Waals surface area contributed by atoms with Gasteiger partial charge < -0.3 is 24.6 Å². The van der Waals surface area contributed by atoms with Crippen LogP contribution in [-0.2, 0) is 22.6 Å². The molecule has 0 spiro atoms. The van der Waals surface area contributed by atoms with E-state index in [4.69, 9.17) is 4.98 Å². The van der Waals surface area contributed by atoms with E-state index >= 15 is 0 Å². The number of benzene rings is 1. The average Bonchev–Trinajstić information content (AvgIpc) is 2.82. The van der Waals surface area contributed by atoms with Crippen molar-refractivity contribution in [3.05, 3.63) is 53.7 Å². The van der Waals surface area contributed by atoms with Gasteiger partial charge in [0.05, 0.1) is 18.2 Å². The van der Waals surface area contributed by atoms with E-state index in [-0.39, 0.29) is 11.7 Å². The van der Waals surface area contributed by atoms with E-state index in [1.54, 1.807) is 29.2 Å². The first-order valence-corrected chi connectivity index (χ1v) is 12.5. The molecular formula is C27H37N5O3. The number of phenols is 1. The summed E-state index contributed by atoms with van der Waals surface area (Å²) in [5, 5.41) is 9.47. The molecule has 35 heavy (non-hydrogen) atoms. The third-order valence-electron chi connectivity index (χ3n) is 7.25. The highest BCUT2D eigenvalue weighted by molar-refractivity contribution is 5.92. The van der Waals surface area contributed by atoms with Crippen molar-refractivity contribution in [3.8, 4) is 5.75 Å². The predicted octanol–water partition coefficient (Wildman–Crippen LogP) is 2.02.